The third-order valence-corrected chi connectivity index (χ3v) is 3.54. The maximum Gasteiger partial charge on any atom is 0.215 e. The fourth-order valence-electron chi connectivity index (χ4n) is 1.16. The summed E-state index contributed by atoms with van der Waals surface area (Å²) in [4.78, 5) is 8.09. The fraction of sp³-hybridized carbons (Fsp3) is 0.231. The summed E-state index contributed by atoms with van der Waals surface area (Å²) >= 11 is 7.40. The van der Waals surface area contributed by atoms with Gasteiger partial charge >= 0.3 is 0 Å². The first-order valence-corrected chi connectivity index (χ1v) is 6.85. The van der Waals surface area contributed by atoms with E-state index in [0.29, 0.717) is 28.0 Å². The molecule has 0 atom stereocenters. The lowest BCUT2D eigenvalue weighted by atomic mass is 10.3. The SMILES string of the molecule is C\C(CSc1nc(C)cc(O)n1)=C(Cl)/C=C\C=C\F. The van der Waals surface area contributed by atoms with Gasteiger partial charge in [0.25, 0.3) is 0 Å². The molecule has 0 amide bonds. The number of rotatable bonds is 5. The molecule has 0 aromatic carbocycles. The topological polar surface area (TPSA) is 46.0 Å². The van der Waals surface area contributed by atoms with Crippen LogP contribution in [0.25, 0.3) is 0 Å². The first-order valence-electron chi connectivity index (χ1n) is 5.49. The normalized spacial score (nSPS) is 13.3. The molecule has 0 saturated carbocycles. The van der Waals surface area contributed by atoms with Crippen molar-refractivity contribution in [1.82, 2.24) is 9.97 Å². The summed E-state index contributed by atoms with van der Waals surface area (Å²) in [5, 5.41) is 10.4. The first kappa shape index (κ1) is 15.7. The van der Waals surface area contributed by atoms with Gasteiger partial charge in [-0.1, -0.05) is 29.4 Å². The van der Waals surface area contributed by atoms with E-state index in [4.69, 9.17) is 11.6 Å². The molecule has 6 heteroatoms. The molecule has 1 N–H and O–H groups in total. The second-order valence-electron chi connectivity index (χ2n) is 3.74. The van der Waals surface area contributed by atoms with Crippen molar-refractivity contribution in [3.05, 3.63) is 46.9 Å². The summed E-state index contributed by atoms with van der Waals surface area (Å²) in [5.41, 5.74) is 1.62. The van der Waals surface area contributed by atoms with Crippen molar-refractivity contribution < 1.29 is 9.50 Å². The molecular formula is C13H14ClFN2OS. The monoisotopic (exact) mass is 300 g/mol. The second-order valence-corrected chi connectivity index (χ2v) is 5.09. The van der Waals surface area contributed by atoms with Gasteiger partial charge in [0.2, 0.25) is 5.88 Å². The second kappa shape index (κ2) is 7.96. The number of hydrogen-bond donors (Lipinski definition) is 1. The smallest absolute Gasteiger partial charge is 0.215 e. The fourth-order valence-corrected chi connectivity index (χ4v) is 2.24. The zero-order valence-electron chi connectivity index (χ0n) is 10.6. The van der Waals surface area contributed by atoms with E-state index in [9.17, 15) is 9.50 Å². The van der Waals surface area contributed by atoms with Crippen molar-refractivity contribution in [1.29, 1.82) is 0 Å². The van der Waals surface area contributed by atoms with Crippen LogP contribution in [0.2, 0.25) is 0 Å². The molecule has 19 heavy (non-hydrogen) atoms. The summed E-state index contributed by atoms with van der Waals surface area (Å²) in [5.74, 6) is 0.543. The van der Waals surface area contributed by atoms with E-state index in [1.807, 2.05) is 6.92 Å². The minimum absolute atomic E-state index is 0.0456. The highest BCUT2D eigenvalue weighted by molar-refractivity contribution is 7.99. The Kier molecular flexibility index (Phi) is 6.59. The number of allylic oxidation sites excluding steroid dienone is 4. The molecule has 0 aliphatic carbocycles. The van der Waals surface area contributed by atoms with E-state index in [1.54, 1.807) is 13.0 Å². The van der Waals surface area contributed by atoms with Crippen LogP contribution in [0.4, 0.5) is 4.39 Å². The van der Waals surface area contributed by atoms with Crippen LogP contribution in [0.3, 0.4) is 0 Å². The van der Waals surface area contributed by atoms with Crippen LogP contribution in [0.15, 0.2) is 46.4 Å². The molecule has 0 saturated heterocycles. The Morgan fingerprint density at radius 1 is 1.47 bits per heavy atom. The molecular weight excluding hydrogens is 287 g/mol. The zero-order chi connectivity index (χ0) is 14.3. The predicted molar refractivity (Wildman–Crippen MR) is 77.1 cm³/mol. The van der Waals surface area contributed by atoms with Crippen molar-refractivity contribution in [2.75, 3.05) is 5.75 Å². The van der Waals surface area contributed by atoms with Gasteiger partial charge in [-0.3, -0.25) is 0 Å². The lowest BCUT2D eigenvalue weighted by Gasteiger charge is -2.03. The van der Waals surface area contributed by atoms with E-state index in [-0.39, 0.29) is 5.88 Å². The summed E-state index contributed by atoms with van der Waals surface area (Å²) < 4.78 is 11.8. The van der Waals surface area contributed by atoms with Gasteiger partial charge in [0.15, 0.2) is 5.16 Å². The van der Waals surface area contributed by atoms with Crippen LogP contribution < -0.4 is 0 Å². The van der Waals surface area contributed by atoms with Gasteiger partial charge < -0.3 is 5.11 Å². The molecule has 1 aromatic rings. The summed E-state index contributed by atoms with van der Waals surface area (Å²) in [6.07, 6.45) is 4.83. The number of nitrogens with zero attached hydrogens (tertiary/aromatic N) is 2. The van der Waals surface area contributed by atoms with Crippen LogP contribution in [0.1, 0.15) is 12.6 Å². The molecule has 0 aliphatic rings. The van der Waals surface area contributed by atoms with Crippen molar-refractivity contribution in [2.24, 2.45) is 0 Å². The van der Waals surface area contributed by atoms with Gasteiger partial charge in [-0.05, 0) is 31.6 Å². The standard InChI is InChI=1S/C13H14ClFN2OS/c1-9(11(14)5-3-4-6-15)8-19-13-16-10(2)7-12(18)17-13/h3-7H,8H2,1-2H3,(H,16,17,18)/b5-3-,6-4+,11-9-. The Bertz CT molecular complexity index is 509. The maximum absolute atomic E-state index is 11.8. The average Bonchev–Trinajstić information content (AvgIpc) is 2.35. The third kappa shape index (κ3) is 5.89. The zero-order valence-corrected chi connectivity index (χ0v) is 12.2. The highest BCUT2D eigenvalue weighted by atomic mass is 35.5. The molecule has 0 fully saturated rings. The first-order chi connectivity index (χ1) is 9.02. The minimum Gasteiger partial charge on any atom is -0.493 e. The predicted octanol–water partition coefficient (Wildman–Crippen LogP) is 4.13. The van der Waals surface area contributed by atoms with Crippen molar-refractivity contribution in [3.63, 3.8) is 0 Å². The van der Waals surface area contributed by atoms with Crippen LogP contribution >= 0.6 is 23.4 Å². The van der Waals surface area contributed by atoms with Gasteiger partial charge in [-0.25, -0.2) is 9.37 Å². The van der Waals surface area contributed by atoms with Gasteiger partial charge in [0.05, 0.1) is 6.33 Å². The highest BCUT2D eigenvalue weighted by Crippen LogP contribution is 2.22. The Labute approximate surface area is 120 Å². The summed E-state index contributed by atoms with van der Waals surface area (Å²) in [6, 6.07) is 1.49. The number of thioether (sulfide) groups is 1. The average molecular weight is 301 g/mol. The number of aromatic nitrogens is 2. The summed E-state index contributed by atoms with van der Waals surface area (Å²) in [6.45, 7) is 3.65. The third-order valence-electron chi connectivity index (χ3n) is 2.07. The van der Waals surface area contributed by atoms with Crippen LogP contribution in [0.5, 0.6) is 5.88 Å². The van der Waals surface area contributed by atoms with E-state index < -0.39 is 0 Å². The molecule has 1 heterocycles. The quantitative estimate of drug-likeness (QED) is 0.504. The van der Waals surface area contributed by atoms with E-state index in [2.05, 4.69) is 9.97 Å². The van der Waals surface area contributed by atoms with Crippen LogP contribution in [-0.2, 0) is 0 Å². The molecule has 0 aliphatic heterocycles. The van der Waals surface area contributed by atoms with E-state index >= 15 is 0 Å². The van der Waals surface area contributed by atoms with Crippen LogP contribution in [0, 0.1) is 6.92 Å². The number of aromatic hydroxyl groups is 1. The molecule has 1 aromatic heterocycles. The van der Waals surface area contributed by atoms with Gasteiger partial charge in [0.1, 0.15) is 0 Å². The number of aryl methyl sites for hydroxylation is 1. The molecule has 0 spiro atoms. The number of halogens is 2. The Morgan fingerprint density at radius 3 is 2.84 bits per heavy atom. The highest BCUT2D eigenvalue weighted by Gasteiger charge is 2.04. The summed E-state index contributed by atoms with van der Waals surface area (Å²) in [7, 11) is 0. The molecule has 3 nitrogen and oxygen atoms in total. The Hall–Kier alpha value is -1.33. The lowest BCUT2D eigenvalue weighted by Crippen LogP contribution is -1.92. The molecule has 0 unspecified atom stereocenters. The van der Waals surface area contributed by atoms with E-state index in [0.717, 1.165) is 5.57 Å². The van der Waals surface area contributed by atoms with Crippen molar-refractivity contribution in [3.8, 4) is 5.88 Å². The largest absolute Gasteiger partial charge is 0.493 e. The van der Waals surface area contributed by atoms with Crippen molar-refractivity contribution in [2.45, 2.75) is 19.0 Å². The van der Waals surface area contributed by atoms with Crippen LogP contribution in [-0.4, -0.2) is 20.8 Å². The van der Waals surface area contributed by atoms with Gasteiger partial charge in [0, 0.05) is 22.5 Å². The Morgan fingerprint density at radius 2 is 2.21 bits per heavy atom. The van der Waals surface area contributed by atoms with Crippen molar-refractivity contribution >= 4 is 23.4 Å². The lowest BCUT2D eigenvalue weighted by molar-refractivity contribution is 0.444. The molecule has 102 valence electrons. The molecule has 0 bridgehead atoms. The molecule has 0 radical (unpaired) electrons. The maximum atomic E-state index is 11.8. The molecule has 1 rings (SSSR count). The Balaban J connectivity index is 2.67. The van der Waals surface area contributed by atoms with Gasteiger partial charge in [-0.15, -0.1) is 0 Å². The van der Waals surface area contributed by atoms with Gasteiger partial charge in [-0.2, -0.15) is 4.98 Å². The number of hydrogen-bond acceptors (Lipinski definition) is 4. The van der Waals surface area contributed by atoms with E-state index in [1.165, 1.54) is 30.0 Å². The minimum atomic E-state index is -0.0456.